The summed E-state index contributed by atoms with van der Waals surface area (Å²) in [7, 11) is -3.74. The van der Waals surface area contributed by atoms with Gasteiger partial charge in [0, 0.05) is 17.3 Å². The Balaban J connectivity index is 2.17. The number of carbonyl (C=O) groups is 1. The van der Waals surface area contributed by atoms with Crippen LogP contribution in [0.1, 0.15) is 54.7 Å². The SMILES string of the molecule is Cc1ccc(-c2c(C)c3c(c(C)c2[C@H](OC(C)(C)C)C(=O)O)NS(=O)(=O)Cc2cccnc2-3)cc1. The maximum Gasteiger partial charge on any atom is 0.337 e. The van der Waals surface area contributed by atoms with Crippen LogP contribution in [0.5, 0.6) is 0 Å². The third-order valence-electron chi connectivity index (χ3n) is 6.08. The number of aryl methyl sites for hydroxylation is 1. The summed E-state index contributed by atoms with van der Waals surface area (Å²) < 4.78 is 34.8. The Kier molecular flexibility index (Phi) is 6.23. The molecule has 2 N–H and O–H groups in total. The maximum atomic E-state index is 13.0. The minimum absolute atomic E-state index is 0.222. The highest BCUT2D eigenvalue weighted by Crippen LogP contribution is 2.48. The van der Waals surface area contributed by atoms with Crippen molar-refractivity contribution in [2.45, 2.75) is 59.0 Å². The number of aromatic nitrogens is 1. The van der Waals surface area contributed by atoms with Crippen molar-refractivity contribution in [3.05, 3.63) is 70.4 Å². The number of nitrogens with zero attached hydrogens (tertiary/aromatic N) is 1. The summed E-state index contributed by atoms with van der Waals surface area (Å²) in [4.78, 5) is 17.1. The maximum absolute atomic E-state index is 13.0. The zero-order valence-electron chi connectivity index (χ0n) is 20.8. The van der Waals surface area contributed by atoms with Crippen molar-refractivity contribution in [2.75, 3.05) is 4.72 Å². The molecule has 2 heterocycles. The molecule has 1 aromatic heterocycles. The van der Waals surface area contributed by atoms with Gasteiger partial charge in [-0.15, -0.1) is 0 Å². The fourth-order valence-electron chi connectivity index (χ4n) is 4.63. The second-order valence-electron chi connectivity index (χ2n) is 9.98. The van der Waals surface area contributed by atoms with Gasteiger partial charge in [0.1, 0.15) is 0 Å². The van der Waals surface area contributed by atoms with E-state index in [2.05, 4.69) is 9.71 Å². The Hall–Kier alpha value is -3.23. The second-order valence-corrected chi connectivity index (χ2v) is 11.7. The average molecular weight is 495 g/mol. The highest BCUT2D eigenvalue weighted by Gasteiger charge is 2.36. The molecule has 1 aliphatic heterocycles. The van der Waals surface area contributed by atoms with Gasteiger partial charge in [-0.05, 0) is 75.4 Å². The number of pyridine rings is 1. The number of ether oxygens (including phenoxy) is 1. The van der Waals surface area contributed by atoms with E-state index < -0.39 is 27.7 Å². The zero-order valence-corrected chi connectivity index (χ0v) is 21.6. The van der Waals surface area contributed by atoms with Crippen molar-refractivity contribution in [2.24, 2.45) is 0 Å². The van der Waals surface area contributed by atoms with Crippen LogP contribution in [0.4, 0.5) is 5.69 Å². The Labute approximate surface area is 206 Å². The number of anilines is 1. The molecule has 4 rings (SSSR count). The first-order valence-corrected chi connectivity index (χ1v) is 13.0. The quantitative estimate of drug-likeness (QED) is 0.494. The molecule has 0 saturated carbocycles. The molecule has 0 saturated heterocycles. The Morgan fingerprint density at radius 2 is 1.71 bits per heavy atom. The fourth-order valence-corrected chi connectivity index (χ4v) is 5.91. The van der Waals surface area contributed by atoms with Crippen molar-refractivity contribution >= 4 is 21.7 Å². The van der Waals surface area contributed by atoms with Crippen LogP contribution in [0.3, 0.4) is 0 Å². The normalized spacial score (nSPS) is 15.4. The van der Waals surface area contributed by atoms with Crippen molar-refractivity contribution < 1.29 is 23.1 Å². The van der Waals surface area contributed by atoms with Gasteiger partial charge < -0.3 is 9.84 Å². The van der Waals surface area contributed by atoms with Crippen molar-refractivity contribution in [3.63, 3.8) is 0 Å². The van der Waals surface area contributed by atoms with E-state index in [1.165, 1.54) is 0 Å². The number of hydrogen-bond donors (Lipinski definition) is 2. The van der Waals surface area contributed by atoms with Gasteiger partial charge in [-0.1, -0.05) is 35.9 Å². The lowest BCUT2D eigenvalue weighted by Crippen LogP contribution is -2.29. The van der Waals surface area contributed by atoms with Crippen LogP contribution in [0, 0.1) is 20.8 Å². The van der Waals surface area contributed by atoms with E-state index in [1.54, 1.807) is 46.0 Å². The molecular formula is C27H30N2O5S. The van der Waals surface area contributed by atoms with Crippen LogP contribution < -0.4 is 4.72 Å². The molecular weight excluding hydrogens is 464 g/mol. The highest BCUT2D eigenvalue weighted by molar-refractivity contribution is 7.92. The minimum atomic E-state index is -3.74. The molecule has 35 heavy (non-hydrogen) atoms. The summed E-state index contributed by atoms with van der Waals surface area (Å²) in [5.41, 5.74) is 5.65. The third kappa shape index (κ3) is 4.81. The molecule has 0 unspecified atom stereocenters. The number of benzene rings is 2. The van der Waals surface area contributed by atoms with Gasteiger partial charge >= 0.3 is 5.97 Å². The number of rotatable bonds is 4. The Morgan fingerprint density at radius 1 is 1.06 bits per heavy atom. The highest BCUT2D eigenvalue weighted by atomic mass is 32.2. The molecule has 184 valence electrons. The smallest absolute Gasteiger partial charge is 0.337 e. The average Bonchev–Trinajstić information content (AvgIpc) is 2.87. The van der Waals surface area contributed by atoms with Crippen LogP contribution in [-0.2, 0) is 25.3 Å². The number of aliphatic carboxylic acids is 1. The molecule has 7 nitrogen and oxygen atoms in total. The van der Waals surface area contributed by atoms with Crippen molar-refractivity contribution in [3.8, 4) is 22.4 Å². The van der Waals surface area contributed by atoms with Crippen LogP contribution >= 0.6 is 0 Å². The number of hydrogen-bond acceptors (Lipinski definition) is 5. The summed E-state index contributed by atoms with van der Waals surface area (Å²) in [5, 5.41) is 10.3. The number of fused-ring (bicyclic) bond motifs is 3. The molecule has 1 aliphatic rings. The number of nitrogens with one attached hydrogen (secondary N) is 1. The van der Waals surface area contributed by atoms with E-state index in [4.69, 9.17) is 4.74 Å². The van der Waals surface area contributed by atoms with Crippen LogP contribution in [0.2, 0.25) is 0 Å². The van der Waals surface area contributed by atoms with Gasteiger partial charge in [0.05, 0.1) is 22.7 Å². The topological polar surface area (TPSA) is 106 Å². The Morgan fingerprint density at radius 3 is 2.31 bits per heavy atom. The van der Waals surface area contributed by atoms with Crippen LogP contribution in [0.15, 0.2) is 42.6 Å². The second kappa shape index (κ2) is 8.77. The van der Waals surface area contributed by atoms with Crippen LogP contribution in [-0.4, -0.2) is 30.1 Å². The molecule has 8 heteroatoms. The monoisotopic (exact) mass is 494 g/mol. The Bertz CT molecular complexity index is 1420. The zero-order chi connectivity index (χ0) is 25.7. The van der Waals surface area contributed by atoms with Gasteiger partial charge in [-0.3, -0.25) is 9.71 Å². The molecule has 0 aliphatic carbocycles. The third-order valence-corrected chi connectivity index (χ3v) is 7.28. The molecule has 0 radical (unpaired) electrons. The van der Waals surface area contributed by atoms with E-state index in [0.29, 0.717) is 39.2 Å². The molecule has 3 aromatic rings. The number of carboxylic acids is 1. The lowest BCUT2D eigenvalue weighted by atomic mass is 9.83. The molecule has 0 bridgehead atoms. The van der Waals surface area contributed by atoms with Gasteiger partial charge in [-0.25, -0.2) is 13.2 Å². The van der Waals surface area contributed by atoms with Gasteiger partial charge in [0.25, 0.3) is 0 Å². The van der Waals surface area contributed by atoms with Gasteiger partial charge in [0.2, 0.25) is 10.0 Å². The summed E-state index contributed by atoms with van der Waals surface area (Å²) in [6.45, 7) is 11.0. The van der Waals surface area contributed by atoms with Crippen molar-refractivity contribution in [1.82, 2.24) is 4.98 Å². The van der Waals surface area contributed by atoms with E-state index in [-0.39, 0.29) is 5.75 Å². The first-order chi connectivity index (χ1) is 16.3. The molecule has 0 spiro atoms. The molecule has 0 amide bonds. The van der Waals surface area contributed by atoms with Gasteiger partial charge in [0.15, 0.2) is 6.10 Å². The van der Waals surface area contributed by atoms with E-state index in [9.17, 15) is 18.3 Å². The first-order valence-electron chi connectivity index (χ1n) is 11.4. The molecule has 1 atom stereocenters. The van der Waals surface area contributed by atoms with E-state index in [1.807, 2.05) is 38.1 Å². The molecule has 2 aromatic carbocycles. The largest absolute Gasteiger partial charge is 0.479 e. The first kappa shape index (κ1) is 24.9. The van der Waals surface area contributed by atoms with E-state index >= 15 is 0 Å². The van der Waals surface area contributed by atoms with Crippen molar-refractivity contribution in [1.29, 1.82) is 0 Å². The van der Waals surface area contributed by atoms with E-state index in [0.717, 1.165) is 16.7 Å². The number of carboxylic acid groups (broad SMARTS) is 1. The van der Waals surface area contributed by atoms with Gasteiger partial charge in [-0.2, -0.15) is 0 Å². The van der Waals surface area contributed by atoms with Crippen LogP contribution in [0.25, 0.3) is 22.4 Å². The fraction of sp³-hybridized carbons (Fsp3) is 0.333. The predicted molar refractivity (Wildman–Crippen MR) is 137 cm³/mol. The molecule has 0 fully saturated rings. The standard InChI is InChI=1S/C27H30N2O5S/c1-15-9-11-18(12-10-15)20-16(2)22-23(17(3)21(20)25(26(30)31)34-27(4,5)6)29-35(32,33)14-19-8-7-13-28-24(19)22/h7-13,25,29H,14H2,1-6H3,(H,30,31)/t25-/m0/s1. The lowest BCUT2D eigenvalue weighted by Gasteiger charge is -2.30. The summed E-state index contributed by atoms with van der Waals surface area (Å²) >= 11 is 0. The lowest BCUT2D eigenvalue weighted by molar-refractivity contribution is -0.160. The summed E-state index contributed by atoms with van der Waals surface area (Å²) in [5.74, 6) is -1.37. The minimum Gasteiger partial charge on any atom is -0.479 e. The predicted octanol–water partition coefficient (Wildman–Crippen LogP) is 5.54. The number of sulfonamides is 1. The summed E-state index contributed by atoms with van der Waals surface area (Å²) in [6.07, 6.45) is 0.323. The summed E-state index contributed by atoms with van der Waals surface area (Å²) in [6, 6.07) is 11.3.